The van der Waals surface area contributed by atoms with Crippen LogP contribution in [0.25, 0.3) is 11.3 Å². The van der Waals surface area contributed by atoms with Crippen molar-refractivity contribution in [2.45, 2.75) is 37.5 Å². The summed E-state index contributed by atoms with van der Waals surface area (Å²) in [4.78, 5) is 5.01. The lowest BCUT2D eigenvalue weighted by molar-refractivity contribution is 0.445. The summed E-state index contributed by atoms with van der Waals surface area (Å²) in [5.74, 6) is 0.654. The fourth-order valence-electron chi connectivity index (χ4n) is 2.45. The fraction of sp³-hybridized carbons (Fsp3) is 0.438. The second-order valence-corrected chi connectivity index (χ2v) is 8.29. The lowest BCUT2D eigenvalue weighted by Gasteiger charge is -2.18. The standard InChI is InChI=1S/C16H20N2O2S2/c1-3-18(4-2)22(19,20)14-9-7-12(8-10-14)15-11-21-16(17-15)13-5-6-13/h7-11,13H,3-6H2,1-2H3. The lowest BCUT2D eigenvalue weighted by Crippen LogP contribution is -2.30. The second-order valence-electron chi connectivity index (χ2n) is 5.46. The van der Waals surface area contributed by atoms with E-state index in [1.54, 1.807) is 23.5 Å². The minimum Gasteiger partial charge on any atom is -0.241 e. The molecule has 2 aromatic rings. The van der Waals surface area contributed by atoms with Crippen LogP contribution in [0.4, 0.5) is 0 Å². The van der Waals surface area contributed by atoms with E-state index < -0.39 is 10.0 Å². The average Bonchev–Trinajstić information content (AvgIpc) is 3.26. The van der Waals surface area contributed by atoms with Crippen LogP contribution in [0.2, 0.25) is 0 Å². The van der Waals surface area contributed by atoms with E-state index in [1.165, 1.54) is 22.2 Å². The van der Waals surface area contributed by atoms with Gasteiger partial charge in [0, 0.05) is 30.0 Å². The predicted octanol–water partition coefficient (Wildman–Crippen LogP) is 3.72. The van der Waals surface area contributed by atoms with E-state index >= 15 is 0 Å². The molecule has 6 heteroatoms. The van der Waals surface area contributed by atoms with Gasteiger partial charge in [-0.05, 0) is 25.0 Å². The molecule has 0 bridgehead atoms. The number of hydrogen-bond donors (Lipinski definition) is 0. The van der Waals surface area contributed by atoms with Crippen molar-refractivity contribution < 1.29 is 8.42 Å². The zero-order valence-corrected chi connectivity index (χ0v) is 14.5. The van der Waals surface area contributed by atoms with Crippen molar-refractivity contribution in [3.8, 4) is 11.3 Å². The van der Waals surface area contributed by atoms with Crippen LogP contribution in [0.15, 0.2) is 34.5 Å². The highest BCUT2D eigenvalue weighted by molar-refractivity contribution is 7.89. The maximum atomic E-state index is 12.5. The number of sulfonamides is 1. The third kappa shape index (κ3) is 2.95. The first-order valence-corrected chi connectivity index (χ1v) is 9.94. The summed E-state index contributed by atoms with van der Waals surface area (Å²) in [5, 5.41) is 3.26. The number of hydrogen-bond acceptors (Lipinski definition) is 4. The lowest BCUT2D eigenvalue weighted by atomic mass is 10.2. The molecule has 0 amide bonds. The molecule has 0 aliphatic heterocycles. The van der Waals surface area contributed by atoms with E-state index in [9.17, 15) is 8.42 Å². The molecule has 3 rings (SSSR count). The molecule has 1 aliphatic carbocycles. The Balaban J connectivity index is 1.85. The van der Waals surface area contributed by atoms with Gasteiger partial charge in [-0.2, -0.15) is 4.31 Å². The Labute approximate surface area is 135 Å². The van der Waals surface area contributed by atoms with E-state index in [4.69, 9.17) is 0 Å². The zero-order chi connectivity index (χ0) is 15.7. The second kappa shape index (κ2) is 6.10. The third-order valence-corrected chi connectivity index (χ3v) is 7.01. The number of aromatic nitrogens is 1. The Hall–Kier alpha value is -1.24. The average molecular weight is 336 g/mol. The van der Waals surface area contributed by atoms with Crippen LogP contribution in [0.3, 0.4) is 0 Å². The highest BCUT2D eigenvalue weighted by Gasteiger charge is 2.27. The number of rotatable bonds is 6. The van der Waals surface area contributed by atoms with E-state index in [0.29, 0.717) is 23.9 Å². The van der Waals surface area contributed by atoms with Crippen molar-refractivity contribution in [3.63, 3.8) is 0 Å². The maximum Gasteiger partial charge on any atom is 0.243 e. The van der Waals surface area contributed by atoms with Crippen molar-refractivity contribution in [2.24, 2.45) is 0 Å². The van der Waals surface area contributed by atoms with Gasteiger partial charge in [-0.25, -0.2) is 13.4 Å². The van der Waals surface area contributed by atoms with E-state index in [1.807, 2.05) is 26.0 Å². The quantitative estimate of drug-likeness (QED) is 0.808. The summed E-state index contributed by atoms with van der Waals surface area (Å²) >= 11 is 1.70. The Morgan fingerprint density at radius 2 is 1.82 bits per heavy atom. The van der Waals surface area contributed by atoms with E-state index in [-0.39, 0.29) is 0 Å². The van der Waals surface area contributed by atoms with Crippen molar-refractivity contribution in [2.75, 3.05) is 13.1 Å². The Kier molecular flexibility index (Phi) is 4.34. The van der Waals surface area contributed by atoms with Gasteiger partial charge in [-0.15, -0.1) is 11.3 Å². The maximum absolute atomic E-state index is 12.5. The molecule has 4 nitrogen and oxygen atoms in total. The highest BCUT2D eigenvalue weighted by Crippen LogP contribution is 2.42. The van der Waals surface area contributed by atoms with Gasteiger partial charge >= 0.3 is 0 Å². The van der Waals surface area contributed by atoms with E-state index in [2.05, 4.69) is 10.4 Å². The smallest absolute Gasteiger partial charge is 0.241 e. The summed E-state index contributed by atoms with van der Waals surface area (Å²) in [6, 6.07) is 7.06. The predicted molar refractivity (Wildman–Crippen MR) is 89.6 cm³/mol. The minimum absolute atomic E-state index is 0.345. The van der Waals surface area contributed by atoms with Gasteiger partial charge in [0.2, 0.25) is 10.0 Å². The van der Waals surface area contributed by atoms with Crippen LogP contribution < -0.4 is 0 Å². The Morgan fingerprint density at radius 3 is 2.36 bits per heavy atom. The van der Waals surface area contributed by atoms with Crippen molar-refractivity contribution in [3.05, 3.63) is 34.7 Å². The van der Waals surface area contributed by atoms with E-state index in [0.717, 1.165) is 11.3 Å². The zero-order valence-electron chi connectivity index (χ0n) is 12.8. The molecule has 1 aromatic carbocycles. The van der Waals surface area contributed by atoms with Crippen LogP contribution in [-0.2, 0) is 10.0 Å². The molecule has 22 heavy (non-hydrogen) atoms. The summed E-state index contributed by atoms with van der Waals surface area (Å²) in [6.45, 7) is 4.67. The van der Waals surface area contributed by atoms with Gasteiger partial charge in [0.25, 0.3) is 0 Å². The van der Waals surface area contributed by atoms with Crippen molar-refractivity contribution in [1.29, 1.82) is 0 Å². The Bertz CT molecular complexity index is 743. The monoisotopic (exact) mass is 336 g/mol. The first kappa shape index (κ1) is 15.6. The van der Waals surface area contributed by atoms with Crippen molar-refractivity contribution >= 4 is 21.4 Å². The number of nitrogens with zero attached hydrogens (tertiary/aromatic N) is 2. The number of thiazole rings is 1. The molecule has 0 N–H and O–H groups in total. The molecule has 0 saturated heterocycles. The van der Waals surface area contributed by atoms with Gasteiger partial charge in [0.1, 0.15) is 0 Å². The third-order valence-electron chi connectivity index (χ3n) is 3.94. The molecule has 1 aromatic heterocycles. The molecule has 0 atom stereocenters. The van der Waals surface area contributed by atoms with Gasteiger partial charge in [-0.1, -0.05) is 26.0 Å². The topological polar surface area (TPSA) is 50.3 Å². The molecule has 0 unspecified atom stereocenters. The minimum atomic E-state index is -3.38. The molecule has 1 aliphatic rings. The molecule has 0 radical (unpaired) electrons. The summed E-state index contributed by atoms with van der Waals surface area (Å²) < 4.78 is 26.4. The Morgan fingerprint density at radius 1 is 1.18 bits per heavy atom. The highest BCUT2D eigenvalue weighted by atomic mass is 32.2. The van der Waals surface area contributed by atoms with Gasteiger partial charge < -0.3 is 0 Å². The van der Waals surface area contributed by atoms with Crippen LogP contribution in [-0.4, -0.2) is 30.8 Å². The molecule has 1 heterocycles. The van der Waals surface area contributed by atoms with Crippen molar-refractivity contribution in [1.82, 2.24) is 9.29 Å². The van der Waals surface area contributed by atoms with Gasteiger partial charge in [0.05, 0.1) is 15.6 Å². The summed E-state index contributed by atoms with van der Waals surface area (Å²) in [7, 11) is -3.38. The number of benzene rings is 1. The molecule has 1 fully saturated rings. The SMILES string of the molecule is CCN(CC)S(=O)(=O)c1ccc(-c2csc(C3CC3)n2)cc1. The molecule has 1 saturated carbocycles. The van der Waals surface area contributed by atoms with Gasteiger partial charge in [-0.3, -0.25) is 0 Å². The molecular formula is C16H20N2O2S2. The largest absolute Gasteiger partial charge is 0.243 e. The van der Waals surface area contributed by atoms with Crippen LogP contribution in [0, 0.1) is 0 Å². The fourth-order valence-corrected chi connectivity index (χ4v) is 4.91. The molecule has 118 valence electrons. The van der Waals surface area contributed by atoms with Gasteiger partial charge in [0.15, 0.2) is 0 Å². The first-order valence-electron chi connectivity index (χ1n) is 7.62. The first-order chi connectivity index (χ1) is 10.6. The summed E-state index contributed by atoms with van der Waals surface area (Å²) in [5.41, 5.74) is 1.92. The molecule has 0 spiro atoms. The van der Waals surface area contributed by atoms with Crippen LogP contribution in [0.5, 0.6) is 0 Å². The van der Waals surface area contributed by atoms with Crippen LogP contribution >= 0.6 is 11.3 Å². The van der Waals surface area contributed by atoms with Crippen LogP contribution in [0.1, 0.15) is 37.6 Å². The molecular weight excluding hydrogens is 316 g/mol. The summed E-state index contributed by atoms with van der Waals surface area (Å²) in [6.07, 6.45) is 2.49. The normalized spacial score (nSPS) is 15.4.